The van der Waals surface area contributed by atoms with Crippen LogP contribution in [0, 0.1) is 11.8 Å². The molecule has 0 radical (unpaired) electrons. The van der Waals surface area contributed by atoms with Crippen molar-refractivity contribution in [2.75, 3.05) is 26.7 Å². The summed E-state index contributed by atoms with van der Waals surface area (Å²) in [7, 11) is 1.64. The van der Waals surface area contributed by atoms with Gasteiger partial charge in [-0.05, 0) is 6.07 Å². The standard InChI is InChI=1S/C14H16N2O3S/c1-15-8-14(19)16(9-13(15)18)7-12-6-11(10-20-12)4-2-3-5-17/h6,10,17H,3,5,7-9H2,1H3. The highest BCUT2D eigenvalue weighted by Crippen LogP contribution is 2.17. The molecule has 1 aromatic rings. The quantitative estimate of drug-likeness (QED) is 0.814. The van der Waals surface area contributed by atoms with Gasteiger partial charge in [0.05, 0.1) is 19.7 Å². The zero-order chi connectivity index (χ0) is 14.5. The van der Waals surface area contributed by atoms with Gasteiger partial charge >= 0.3 is 0 Å². The third kappa shape index (κ3) is 3.59. The molecule has 1 N–H and O–H groups in total. The van der Waals surface area contributed by atoms with E-state index in [1.807, 2.05) is 11.4 Å². The molecule has 20 heavy (non-hydrogen) atoms. The van der Waals surface area contributed by atoms with Gasteiger partial charge < -0.3 is 14.9 Å². The van der Waals surface area contributed by atoms with Gasteiger partial charge in [-0.1, -0.05) is 11.8 Å². The Labute approximate surface area is 121 Å². The molecule has 0 saturated carbocycles. The summed E-state index contributed by atoms with van der Waals surface area (Å²) in [6.07, 6.45) is 0.455. The van der Waals surface area contributed by atoms with Gasteiger partial charge in [0.25, 0.3) is 0 Å². The number of carbonyl (C=O) groups excluding carboxylic acids is 2. The number of carbonyl (C=O) groups is 2. The molecule has 0 bridgehead atoms. The summed E-state index contributed by atoms with van der Waals surface area (Å²) in [4.78, 5) is 27.5. The first-order chi connectivity index (χ1) is 9.60. The van der Waals surface area contributed by atoms with Crippen molar-refractivity contribution in [3.05, 3.63) is 21.9 Å². The Morgan fingerprint density at radius 2 is 2.15 bits per heavy atom. The number of hydrogen-bond donors (Lipinski definition) is 1. The summed E-state index contributed by atoms with van der Waals surface area (Å²) in [5.74, 6) is 5.74. The van der Waals surface area contributed by atoms with Gasteiger partial charge in [-0.25, -0.2) is 0 Å². The van der Waals surface area contributed by atoms with Gasteiger partial charge in [-0.2, -0.15) is 0 Å². The first-order valence-corrected chi connectivity index (χ1v) is 7.17. The first kappa shape index (κ1) is 14.6. The van der Waals surface area contributed by atoms with E-state index in [-0.39, 0.29) is 31.5 Å². The van der Waals surface area contributed by atoms with Crippen LogP contribution in [0.5, 0.6) is 0 Å². The first-order valence-electron chi connectivity index (χ1n) is 6.29. The third-order valence-corrected chi connectivity index (χ3v) is 3.87. The second-order valence-corrected chi connectivity index (χ2v) is 5.57. The number of amides is 2. The van der Waals surface area contributed by atoms with Crippen molar-refractivity contribution in [1.82, 2.24) is 9.80 Å². The highest BCUT2D eigenvalue weighted by atomic mass is 32.1. The molecule has 0 atom stereocenters. The Bertz CT molecular complexity index is 570. The fraction of sp³-hybridized carbons (Fsp3) is 0.429. The molecular weight excluding hydrogens is 276 g/mol. The van der Waals surface area contributed by atoms with Crippen LogP contribution in [0.25, 0.3) is 0 Å². The maximum absolute atomic E-state index is 11.9. The molecule has 1 aromatic heterocycles. The van der Waals surface area contributed by atoms with E-state index in [4.69, 9.17) is 5.11 Å². The summed E-state index contributed by atoms with van der Waals surface area (Å²) in [6, 6.07) is 1.92. The lowest BCUT2D eigenvalue weighted by Crippen LogP contribution is -2.51. The number of rotatable bonds is 3. The highest BCUT2D eigenvalue weighted by molar-refractivity contribution is 7.10. The molecule has 1 aliphatic heterocycles. The van der Waals surface area contributed by atoms with Gasteiger partial charge in [-0.15, -0.1) is 11.3 Å². The minimum Gasteiger partial charge on any atom is -0.395 e. The molecule has 1 aliphatic rings. The third-order valence-electron chi connectivity index (χ3n) is 2.95. The average molecular weight is 292 g/mol. The summed E-state index contributed by atoms with van der Waals surface area (Å²) in [6.45, 7) is 0.790. The lowest BCUT2D eigenvalue weighted by molar-refractivity contribution is -0.149. The van der Waals surface area contributed by atoms with Crippen molar-refractivity contribution < 1.29 is 14.7 Å². The minimum absolute atomic E-state index is 0.0339. The summed E-state index contributed by atoms with van der Waals surface area (Å²) >= 11 is 1.52. The monoisotopic (exact) mass is 292 g/mol. The number of hydrogen-bond acceptors (Lipinski definition) is 4. The molecule has 0 unspecified atom stereocenters. The zero-order valence-corrected chi connectivity index (χ0v) is 12.1. The van der Waals surface area contributed by atoms with Gasteiger partial charge in [0.1, 0.15) is 6.54 Å². The van der Waals surface area contributed by atoms with E-state index in [2.05, 4.69) is 11.8 Å². The number of aliphatic hydroxyl groups excluding tert-OH is 1. The molecule has 1 saturated heterocycles. The SMILES string of the molecule is CN1CC(=O)N(Cc2cc(C#CCCO)cs2)CC1=O. The van der Waals surface area contributed by atoms with Crippen LogP contribution in [0.15, 0.2) is 11.4 Å². The van der Waals surface area contributed by atoms with Crippen molar-refractivity contribution in [3.8, 4) is 11.8 Å². The van der Waals surface area contributed by atoms with Crippen LogP contribution in [-0.4, -0.2) is 53.5 Å². The number of nitrogens with zero attached hydrogens (tertiary/aromatic N) is 2. The van der Waals surface area contributed by atoms with E-state index in [1.165, 1.54) is 16.2 Å². The van der Waals surface area contributed by atoms with Crippen molar-refractivity contribution in [2.24, 2.45) is 0 Å². The van der Waals surface area contributed by atoms with Crippen LogP contribution in [0.3, 0.4) is 0 Å². The van der Waals surface area contributed by atoms with Crippen molar-refractivity contribution in [1.29, 1.82) is 0 Å². The molecule has 0 aliphatic carbocycles. The number of likely N-dealkylation sites (N-methyl/N-ethyl adjacent to an activating group) is 1. The Kier molecular flexibility index (Phi) is 4.77. The molecular formula is C14H16N2O3S. The molecule has 2 amide bonds. The van der Waals surface area contributed by atoms with Crippen LogP contribution in [0.1, 0.15) is 16.9 Å². The van der Waals surface area contributed by atoms with Crippen LogP contribution >= 0.6 is 11.3 Å². The molecule has 0 aromatic carbocycles. The number of thiophene rings is 1. The van der Waals surface area contributed by atoms with Crippen LogP contribution < -0.4 is 0 Å². The fourth-order valence-corrected chi connectivity index (χ4v) is 2.68. The minimum atomic E-state index is -0.0379. The Balaban J connectivity index is 1.98. The predicted molar refractivity (Wildman–Crippen MR) is 76.0 cm³/mol. The largest absolute Gasteiger partial charge is 0.395 e. The number of piperazine rings is 1. The normalized spacial score (nSPS) is 15.3. The molecule has 106 valence electrons. The number of aliphatic hydroxyl groups is 1. The molecule has 0 spiro atoms. The average Bonchev–Trinajstić information content (AvgIpc) is 2.84. The smallest absolute Gasteiger partial charge is 0.242 e. The second-order valence-electron chi connectivity index (χ2n) is 4.58. The molecule has 6 heteroatoms. The predicted octanol–water partition coefficient (Wildman–Crippen LogP) is 0.283. The summed E-state index contributed by atoms with van der Waals surface area (Å²) in [5.41, 5.74) is 0.881. The molecule has 5 nitrogen and oxygen atoms in total. The van der Waals surface area contributed by atoms with E-state index in [0.29, 0.717) is 13.0 Å². The fourth-order valence-electron chi connectivity index (χ4n) is 1.84. The second kappa shape index (κ2) is 6.55. The molecule has 1 fully saturated rings. The van der Waals surface area contributed by atoms with E-state index >= 15 is 0 Å². The topological polar surface area (TPSA) is 60.9 Å². The Hall–Kier alpha value is -1.84. The van der Waals surface area contributed by atoms with Gasteiger partial charge in [0, 0.05) is 29.3 Å². The van der Waals surface area contributed by atoms with Crippen LogP contribution in [0.4, 0.5) is 0 Å². The molecule has 2 rings (SSSR count). The van der Waals surface area contributed by atoms with Gasteiger partial charge in [0.15, 0.2) is 0 Å². The zero-order valence-electron chi connectivity index (χ0n) is 11.3. The maximum Gasteiger partial charge on any atom is 0.242 e. The highest BCUT2D eigenvalue weighted by Gasteiger charge is 2.27. The lowest BCUT2D eigenvalue weighted by atomic mass is 10.2. The summed E-state index contributed by atoms with van der Waals surface area (Å²) in [5, 5.41) is 10.6. The lowest BCUT2D eigenvalue weighted by Gasteiger charge is -2.31. The van der Waals surface area contributed by atoms with Gasteiger partial charge in [0.2, 0.25) is 11.8 Å². The molecule has 2 heterocycles. The summed E-state index contributed by atoms with van der Waals surface area (Å²) < 4.78 is 0. The van der Waals surface area contributed by atoms with Crippen molar-refractivity contribution in [2.45, 2.75) is 13.0 Å². The van der Waals surface area contributed by atoms with Crippen LogP contribution in [-0.2, 0) is 16.1 Å². The van der Waals surface area contributed by atoms with Gasteiger partial charge in [-0.3, -0.25) is 9.59 Å². The maximum atomic E-state index is 11.9. The van der Waals surface area contributed by atoms with E-state index < -0.39 is 0 Å². The van der Waals surface area contributed by atoms with E-state index in [9.17, 15) is 9.59 Å². The van der Waals surface area contributed by atoms with Crippen LogP contribution in [0.2, 0.25) is 0 Å². The Morgan fingerprint density at radius 3 is 2.90 bits per heavy atom. The van der Waals surface area contributed by atoms with Crippen molar-refractivity contribution in [3.63, 3.8) is 0 Å². The van der Waals surface area contributed by atoms with Crippen molar-refractivity contribution >= 4 is 23.2 Å². The Morgan fingerprint density at radius 1 is 1.35 bits per heavy atom. The van der Waals surface area contributed by atoms with E-state index in [1.54, 1.807) is 11.9 Å². The van der Waals surface area contributed by atoms with E-state index in [0.717, 1.165) is 10.4 Å².